The van der Waals surface area contributed by atoms with Gasteiger partial charge in [-0.25, -0.2) is 4.79 Å². The first kappa shape index (κ1) is 21.2. The van der Waals surface area contributed by atoms with Crippen molar-refractivity contribution in [3.05, 3.63) is 40.2 Å². The molecule has 1 fully saturated rings. The molecule has 2 aliphatic rings. The summed E-state index contributed by atoms with van der Waals surface area (Å²) in [6.45, 7) is 2.69. The Balaban J connectivity index is 1.71. The van der Waals surface area contributed by atoms with Crippen molar-refractivity contribution in [1.82, 2.24) is 0 Å². The largest absolute Gasteiger partial charge is 0.484 e. The van der Waals surface area contributed by atoms with Crippen LogP contribution in [0.15, 0.2) is 33.5 Å². The number of aliphatic hydroxyl groups excluding tert-OH is 5. The molecule has 10 nitrogen and oxygen atoms in total. The first-order chi connectivity index (χ1) is 14.1. The number of ether oxygens (including phenoxy) is 3. The minimum atomic E-state index is -1.64. The smallest absolute Gasteiger partial charge is 0.336 e. The third kappa shape index (κ3) is 3.40. The van der Waals surface area contributed by atoms with Gasteiger partial charge in [0.1, 0.15) is 53.6 Å². The Hall–Kier alpha value is -2.05. The molecule has 0 radical (unpaired) electrons. The van der Waals surface area contributed by atoms with Crippen molar-refractivity contribution in [2.75, 3.05) is 6.61 Å². The van der Waals surface area contributed by atoms with E-state index in [1.54, 1.807) is 32.0 Å². The standard InChI is InChI=1S/C20H24O10/c1-20(2)18(29-19-16(26)15(25)13(23)10(7-21)27-19)14(24)12-9(30-20)5-3-8-4-6-11(22)28-17(8)12/h3-6,10,13-16,18-19,21,23-26H,7H2,1-2H3. The summed E-state index contributed by atoms with van der Waals surface area (Å²) in [5.74, 6) is 0.308. The molecule has 1 saturated heterocycles. The predicted molar refractivity (Wildman–Crippen MR) is 101 cm³/mol. The van der Waals surface area contributed by atoms with Gasteiger partial charge in [-0.3, -0.25) is 0 Å². The molecule has 7 unspecified atom stereocenters. The molecule has 0 bridgehead atoms. The van der Waals surface area contributed by atoms with Crippen LogP contribution in [0.4, 0.5) is 0 Å². The normalized spacial score (nSPS) is 35.6. The molecule has 0 amide bonds. The molecule has 30 heavy (non-hydrogen) atoms. The van der Waals surface area contributed by atoms with E-state index < -0.39 is 60.7 Å². The number of benzene rings is 1. The van der Waals surface area contributed by atoms with E-state index in [0.717, 1.165) is 0 Å². The van der Waals surface area contributed by atoms with Crippen LogP contribution in [0.3, 0.4) is 0 Å². The first-order valence-electron chi connectivity index (χ1n) is 9.54. The monoisotopic (exact) mass is 424 g/mol. The number of hydrogen-bond donors (Lipinski definition) is 5. The zero-order valence-electron chi connectivity index (χ0n) is 16.3. The molecule has 2 aromatic rings. The maximum atomic E-state index is 11.7. The van der Waals surface area contributed by atoms with E-state index in [2.05, 4.69) is 0 Å². The van der Waals surface area contributed by atoms with Crippen molar-refractivity contribution in [3.8, 4) is 5.75 Å². The lowest BCUT2D eigenvalue weighted by Crippen LogP contribution is -2.62. The predicted octanol–water partition coefficient (Wildman–Crippen LogP) is -0.818. The van der Waals surface area contributed by atoms with Gasteiger partial charge in [0.25, 0.3) is 0 Å². The highest BCUT2D eigenvalue weighted by molar-refractivity contribution is 5.83. The molecule has 0 aliphatic carbocycles. The number of hydrogen-bond acceptors (Lipinski definition) is 10. The van der Waals surface area contributed by atoms with Gasteiger partial charge in [-0.1, -0.05) is 0 Å². The quantitative estimate of drug-likeness (QED) is 0.394. The molecular formula is C20H24O10. The second-order valence-electron chi connectivity index (χ2n) is 8.05. The highest BCUT2D eigenvalue weighted by Crippen LogP contribution is 2.45. The molecule has 10 heteroatoms. The molecule has 2 aliphatic heterocycles. The van der Waals surface area contributed by atoms with Gasteiger partial charge in [0.15, 0.2) is 6.29 Å². The second kappa shape index (κ2) is 7.57. The van der Waals surface area contributed by atoms with Crippen molar-refractivity contribution in [2.45, 2.75) is 62.4 Å². The molecule has 1 aromatic carbocycles. The second-order valence-corrected chi connectivity index (χ2v) is 8.05. The Kier molecular flexibility index (Phi) is 5.35. The van der Waals surface area contributed by atoms with Crippen LogP contribution in [-0.2, 0) is 9.47 Å². The maximum absolute atomic E-state index is 11.7. The summed E-state index contributed by atoms with van der Waals surface area (Å²) in [5.41, 5.74) is -1.36. The minimum absolute atomic E-state index is 0.144. The molecule has 164 valence electrons. The van der Waals surface area contributed by atoms with Gasteiger partial charge in [-0.15, -0.1) is 0 Å². The molecular weight excluding hydrogens is 400 g/mol. The summed E-state index contributed by atoms with van der Waals surface area (Å²) >= 11 is 0. The van der Waals surface area contributed by atoms with Crippen LogP contribution in [0, 0.1) is 0 Å². The van der Waals surface area contributed by atoms with E-state index in [1.165, 1.54) is 6.07 Å². The summed E-state index contributed by atoms with van der Waals surface area (Å²) < 4.78 is 22.5. The van der Waals surface area contributed by atoms with Crippen molar-refractivity contribution < 1.29 is 44.2 Å². The van der Waals surface area contributed by atoms with E-state index in [0.29, 0.717) is 11.1 Å². The Bertz CT molecular complexity index is 983. The molecule has 3 heterocycles. The Morgan fingerprint density at radius 3 is 2.43 bits per heavy atom. The molecule has 0 saturated carbocycles. The third-order valence-corrected chi connectivity index (χ3v) is 5.56. The van der Waals surface area contributed by atoms with Gasteiger partial charge in [0.05, 0.1) is 12.2 Å². The SMILES string of the molecule is CC1(C)Oc2ccc3ccc(=O)oc3c2C(O)C1OC1OC(CO)C(O)C(O)C1O. The van der Waals surface area contributed by atoms with E-state index in [1.807, 2.05) is 0 Å². The fourth-order valence-corrected chi connectivity index (χ4v) is 3.94. The molecule has 0 spiro atoms. The van der Waals surface area contributed by atoms with Crippen molar-refractivity contribution in [3.63, 3.8) is 0 Å². The zero-order valence-corrected chi connectivity index (χ0v) is 16.3. The van der Waals surface area contributed by atoms with Crippen LogP contribution < -0.4 is 10.4 Å². The van der Waals surface area contributed by atoms with Crippen LogP contribution in [-0.4, -0.2) is 74.6 Å². The summed E-state index contributed by atoms with van der Waals surface area (Å²) in [6.07, 6.45) is -9.90. The lowest BCUT2D eigenvalue weighted by Gasteiger charge is -2.46. The summed E-state index contributed by atoms with van der Waals surface area (Å²) in [6, 6.07) is 6.16. The van der Waals surface area contributed by atoms with Crippen molar-refractivity contribution in [1.29, 1.82) is 0 Å². The van der Waals surface area contributed by atoms with Crippen LogP contribution in [0.2, 0.25) is 0 Å². The van der Waals surface area contributed by atoms with Gasteiger partial charge < -0.3 is 44.2 Å². The Labute approximate surface area is 170 Å². The molecule has 1 aromatic heterocycles. The Morgan fingerprint density at radius 2 is 1.73 bits per heavy atom. The first-order valence-corrected chi connectivity index (χ1v) is 9.54. The number of aliphatic hydroxyl groups is 5. The highest BCUT2D eigenvalue weighted by Gasteiger charge is 2.51. The van der Waals surface area contributed by atoms with E-state index in [4.69, 9.17) is 18.6 Å². The summed E-state index contributed by atoms with van der Waals surface area (Å²) in [7, 11) is 0. The molecule has 7 atom stereocenters. The van der Waals surface area contributed by atoms with Crippen LogP contribution in [0.25, 0.3) is 11.0 Å². The van der Waals surface area contributed by atoms with E-state index >= 15 is 0 Å². The average Bonchev–Trinajstić information content (AvgIpc) is 2.69. The minimum Gasteiger partial charge on any atom is -0.484 e. The summed E-state index contributed by atoms with van der Waals surface area (Å²) in [5, 5.41) is 51.3. The van der Waals surface area contributed by atoms with Gasteiger partial charge in [0, 0.05) is 11.5 Å². The lowest BCUT2D eigenvalue weighted by molar-refractivity contribution is -0.330. The van der Waals surface area contributed by atoms with Gasteiger partial charge in [-0.05, 0) is 32.0 Å². The fourth-order valence-electron chi connectivity index (χ4n) is 3.94. The van der Waals surface area contributed by atoms with Crippen LogP contribution >= 0.6 is 0 Å². The third-order valence-electron chi connectivity index (χ3n) is 5.56. The van der Waals surface area contributed by atoms with E-state index in [9.17, 15) is 30.3 Å². The number of fused-ring (bicyclic) bond motifs is 3. The average molecular weight is 424 g/mol. The summed E-state index contributed by atoms with van der Waals surface area (Å²) in [4.78, 5) is 11.7. The van der Waals surface area contributed by atoms with Gasteiger partial charge in [-0.2, -0.15) is 0 Å². The van der Waals surface area contributed by atoms with Gasteiger partial charge in [0.2, 0.25) is 0 Å². The lowest BCUT2D eigenvalue weighted by atomic mass is 9.87. The van der Waals surface area contributed by atoms with Gasteiger partial charge >= 0.3 is 5.63 Å². The highest BCUT2D eigenvalue weighted by atomic mass is 16.7. The number of rotatable bonds is 3. The van der Waals surface area contributed by atoms with Crippen molar-refractivity contribution in [2.24, 2.45) is 0 Å². The van der Waals surface area contributed by atoms with Crippen molar-refractivity contribution >= 4 is 11.0 Å². The molecule has 4 rings (SSSR count). The fraction of sp³-hybridized carbons (Fsp3) is 0.550. The topological polar surface area (TPSA) is 159 Å². The Morgan fingerprint density at radius 1 is 1.03 bits per heavy atom. The van der Waals surface area contributed by atoms with Crippen LogP contribution in [0.5, 0.6) is 5.75 Å². The zero-order chi connectivity index (χ0) is 21.8. The molecule has 5 N–H and O–H groups in total. The van der Waals surface area contributed by atoms with E-state index in [-0.39, 0.29) is 11.1 Å². The maximum Gasteiger partial charge on any atom is 0.336 e. The van der Waals surface area contributed by atoms with Crippen LogP contribution in [0.1, 0.15) is 25.5 Å².